The number of hydrogen-bond donors (Lipinski definition) is 1. The fraction of sp³-hybridized carbons (Fsp3) is 0.0769. The van der Waals surface area contributed by atoms with Gasteiger partial charge in [-0.3, -0.25) is 0 Å². The van der Waals surface area contributed by atoms with Gasteiger partial charge in [0.2, 0.25) is 0 Å². The molecule has 0 spiro atoms. The lowest BCUT2D eigenvalue weighted by atomic mass is 10.3. The van der Waals surface area contributed by atoms with E-state index in [0.29, 0.717) is 22.5 Å². The highest BCUT2D eigenvalue weighted by Gasteiger charge is 2.12. The zero-order chi connectivity index (χ0) is 13.1. The van der Waals surface area contributed by atoms with Crippen molar-refractivity contribution in [3.63, 3.8) is 0 Å². The first-order valence-corrected chi connectivity index (χ1v) is 7.53. The first-order chi connectivity index (χ1) is 9.33. The van der Waals surface area contributed by atoms with Crippen molar-refractivity contribution in [1.29, 1.82) is 0 Å². The smallest absolute Gasteiger partial charge is 0.260 e. The first kappa shape index (κ1) is 12.3. The minimum absolute atomic E-state index is 0.488. The molecule has 4 nitrogen and oxygen atoms in total. The van der Waals surface area contributed by atoms with E-state index in [0.717, 1.165) is 5.56 Å². The Morgan fingerprint density at radius 3 is 2.79 bits per heavy atom. The molecule has 19 heavy (non-hydrogen) atoms. The van der Waals surface area contributed by atoms with Crippen molar-refractivity contribution in [2.75, 3.05) is 5.73 Å². The van der Waals surface area contributed by atoms with Crippen LogP contribution in [0.15, 0.2) is 51.2 Å². The number of rotatable bonds is 4. The Kier molecular flexibility index (Phi) is 3.52. The number of hydrogen-bond acceptors (Lipinski definition) is 6. The van der Waals surface area contributed by atoms with Gasteiger partial charge in [0, 0.05) is 4.90 Å². The third kappa shape index (κ3) is 2.80. The average molecular weight is 289 g/mol. The molecule has 0 atom stereocenters. The summed E-state index contributed by atoms with van der Waals surface area (Å²) in [6.07, 6.45) is 0. The van der Waals surface area contributed by atoms with E-state index in [1.165, 1.54) is 16.2 Å². The highest BCUT2D eigenvalue weighted by Crippen LogP contribution is 2.30. The first-order valence-electron chi connectivity index (χ1n) is 5.67. The standard InChI is InChI=1S/C13H11N3OS2/c14-12-10(6-7-18-12)13-15-11(16-17-13)8-19-9-4-2-1-3-5-9/h1-7H,8,14H2. The van der Waals surface area contributed by atoms with Crippen LogP contribution in [0.2, 0.25) is 0 Å². The van der Waals surface area contributed by atoms with Gasteiger partial charge in [-0.15, -0.1) is 23.1 Å². The van der Waals surface area contributed by atoms with Gasteiger partial charge in [-0.1, -0.05) is 23.4 Å². The van der Waals surface area contributed by atoms with Gasteiger partial charge in [0.15, 0.2) is 5.82 Å². The molecule has 3 rings (SSSR count). The number of thiophene rings is 1. The fourth-order valence-electron chi connectivity index (χ4n) is 1.58. The van der Waals surface area contributed by atoms with E-state index in [1.54, 1.807) is 11.8 Å². The zero-order valence-corrected chi connectivity index (χ0v) is 11.6. The largest absolute Gasteiger partial charge is 0.390 e. The lowest BCUT2D eigenvalue weighted by Crippen LogP contribution is -1.85. The van der Waals surface area contributed by atoms with E-state index in [4.69, 9.17) is 10.3 Å². The summed E-state index contributed by atoms with van der Waals surface area (Å²) in [5, 5.41) is 6.58. The number of anilines is 1. The minimum atomic E-state index is 0.488. The van der Waals surface area contributed by atoms with Gasteiger partial charge in [0.1, 0.15) is 0 Å². The van der Waals surface area contributed by atoms with Crippen molar-refractivity contribution in [3.05, 3.63) is 47.6 Å². The van der Waals surface area contributed by atoms with Crippen molar-refractivity contribution in [2.24, 2.45) is 0 Å². The molecule has 0 aliphatic rings. The molecule has 6 heteroatoms. The predicted octanol–water partition coefficient (Wildman–Crippen LogP) is 3.67. The summed E-state index contributed by atoms with van der Waals surface area (Å²) in [7, 11) is 0. The number of nitrogens with two attached hydrogens (primary N) is 1. The molecule has 0 radical (unpaired) electrons. The third-order valence-electron chi connectivity index (χ3n) is 2.50. The molecule has 1 aromatic carbocycles. The summed E-state index contributed by atoms with van der Waals surface area (Å²) >= 11 is 3.14. The van der Waals surface area contributed by atoms with Crippen molar-refractivity contribution in [2.45, 2.75) is 10.6 Å². The summed E-state index contributed by atoms with van der Waals surface area (Å²) in [6.45, 7) is 0. The average Bonchev–Trinajstić information content (AvgIpc) is 3.06. The maximum absolute atomic E-state index is 5.83. The Morgan fingerprint density at radius 2 is 2.05 bits per heavy atom. The zero-order valence-electron chi connectivity index (χ0n) is 9.95. The highest BCUT2D eigenvalue weighted by molar-refractivity contribution is 7.98. The van der Waals surface area contributed by atoms with Gasteiger partial charge in [0.25, 0.3) is 5.89 Å². The Morgan fingerprint density at radius 1 is 1.21 bits per heavy atom. The Balaban J connectivity index is 1.71. The van der Waals surface area contributed by atoms with Gasteiger partial charge in [0.05, 0.1) is 16.3 Å². The number of thioether (sulfide) groups is 1. The summed E-state index contributed by atoms with van der Waals surface area (Å²) in [5.41, 5.74) is 6.65. The van der Waals surface area contributed by atoms with Crippen LogP contribution in [-0.4, -0.2) is 10.1 Å². The molecular formula is C13H11N3OS2. The maximum Gasteiger partial charge on any atom is 0.260 e. The molecule has 2 N–H and O–H groups in total. The van der Waals surface area contributed by atoms with Crippen molar-refractivity contribution >= 4 is 28.1 Å². The molecule has 0 unspecified atom stereocenters. The lowest BCUT2D eigenvalue weighted by Gasteiger charge is -1.96. The molecule has 0 aliphatic carbocycles. The van der Waals surface area contributed by atoms with Crippen LogP contribution in [-0.2, 0) is 5.75 Å². The van der Waals surface area contributed by atoms with Gasteiger partial charge in [-0.05, 0) is 23.6 Å². The van der Waals surface area contributed by atoms with Gasteiger partial charge in [-0.2, -0.15) is 4.98 Å². The highest BCUT2D eigenvalue weighted by atomic mass is 32.2. The summed E-state index contributed by atoms with van der Waals surface area (Å²) < 4.78 is 5.23. The van der Waals surface area contributed by atoms with E-state index in [9.17, 15) is 0 Å². The van der Waals surface area contributed by atoms with Crippen LogP contribution in [0, 0.1) is 0 Å². The molecule has 0 amide bonds. The second-order valence-corrected chi connectivity index (χ2v) is 5.81. The van der Waals surface area contributed by atoms with Gasteiger partial charge in [-0.25, -0.2) is 0 Å². The summed E-state index contributed by atoms with van der Waals surface area (Å²) in [6, 6.07) is 12.0. The Bertz CT molecular complexity index is 663. The SMILES string of the molecule is Nc1sccc1-c1nc(CSc2ccccc2)no1. The van der Waals surface area contributed by atoms with E-state index in [2.05, 4.69) is 22.3 Å². The molecular weight excluding hydrogens is 278 g/mol. The summed E-state index contributed by atoms with van der Waals surface area (Å²) in [4.78, 5) is 5.54. The Labute approximate surface area is 118 Å². The van der Waals surface area contributed by atoms with Crippen molar-refractivity contribution < 1.29 is 4.52 Å². The van der Waals surface area contributed by atoms with E-state index >= 15 is 0 Å². The second-order valence-electron chi connectivity index (χ2n) is 3.82. The van der Waals surface area contributed by atoms with Crippen LogP contribution in [0.4, 0.5) is 5.00 Å². The molecule has 2 aromatic heterocycles. The predicted molar refractivity (Wildman–Crippen MR) is 78.0 cm³/mol. The van der Waals surface area contributed by atoms with Crippen molar-refractivity contribution in [3.8, 4) is 11.5 Å². The molecule has 0 saturated heterocycles. The van der Waals surface area contributed by atoms with Crippen LogP contribution in [0.1, 0.15) is 5.82 Å². The van der Waals surface area contributed by atoms with Gasteiger partial charge < -0.3 is 10.3 Å². The molecule has 2 heterocycles. The molecule has 0 aliphatic heterocycles. The van der Waals surface area contributed by atoms with E-state index in [-0.39, 0.29) is 0 Å². The lowest BCUT2D eigenvalue weighted by molar-refractivity contribution is 0.425. The van der Waals surface area contributed by atoms with E-state index in [1.807, 2.05) is 29.6 Å². The van der Waals surface area contributed by atoms with Crippen LogP contribution in [0.3, 0.4) is 0 Å². The molecule has 0 bridgehead atoms. The third-order valence-corrected chi connectivity index (χ3v) is 4.26. The summed E-state index contributed by atoms with van der Waals surface area (Å²) in [5.74, 6) is 1.84. The quantitative estimate of drug-likeness (QED) is 0.742. The maximum atomic E-state index is 5.83. The normalized spacial score (nSPS) is 10.7. The van der Waals surface area contributed by atoms with E-state index < -0.39 is 0 Å². The monoisotopic (exact) mass is 289 g/mol. The molecule has 0 fully saturated rings. The Hall–Kier alpha value is -1.79. The van der Waals surface area contributed by atoms with Crippen LogP contribution in [0.25, 0.3) is 11.5 Å². The molecule has 96 valence electrons. The number of benzene rings is 1. The van der Waals surface area contributed by atoms with Crippen LogP contribution < -0.4 is 5.73 Å². The number of aromatic nitrogens is 2. The topological polar surface area (TPSA) is 64.9 Å². The van der Waals surface area contributed by atoms with Crippen molar-refractivity contribution in [1.82, 2.24) is 10.1 Å². The number of nitrogens with zero attached hydrogens (tertiary/aromatic N) is 2. The second kappa shape index (κ2) is 5.46. The van der Waals surface area contributed by atoms with Crippen LogP contribution >= 0.6 is 23.1 Å². The fourth-order valence-corrected chi connectivity index (χ4v) is 2.98. The van der Waals surface area contributed by atoms with Gasteiger partial charge >= 0.3 is 0 Å². The molecule has 3 aromatic rings. The number of nitrogen functional groups attached to an aromatic ring is 1. The molecule has 0 saturated carbocycles. The van der Waals surface area contributed by atoms with Crippen LogP contribution in [0.5, 0.6) is 0 Å². The minimum Gasteiger partial charge on any atom is -0.390 e.